The summed E-state index contributed by atoms with van der Waals surface area (Å²) in [5.74, 6) is -2.54. The number of carbonyl (C=O) groups is 2. The SMILES string of the molecule is O=C(O)C(=O)O.Oc1ccc(Cl)cc1CNCc1ccco1. The van der Waals surface area contributed by atoms with Crippen LogP contribution in [0.4, 0.5) is 0 Å². The summed E-state index contributed by atoms with van der Waals surface area (Å²) in [6.07, 6.45) is 1.63. The quantitative estimate of drug-likeness (QED) is 0.634. The number of phenols is 1. The summed E-state index contributed by atoms with van der Waals surface area (Å²) < 4.78 is 5.17. The number of rotatable bonds is 4. The number of benzene rings is 1. The highest BCUT2D eigenvalue weighted by Gasteiger charge is 2.04. The zero-order chi connectivity index (χ0) is 16.5. The Balaban J connectivity index is 0.000000346. The van der Waals surface area contributed by atoms with Gasteiger partial charge in [-0.15, -0.1) is 0 Å². The molecule has 0 radical (unpaired) electrons. The molecule has 1 aromatic heterocycles. The van der Waals surface area contributed by atoms with Crippen LogP contribution in [0.5, 0.6) is 5.75 Å². The Morgan fingerprint density at radius 1 is 1.14 bits per heavy atom. The van der Waals surface area contributed by atoms with E-state index in [0.29, 0.717) is 18.1 Å². The van der Waals surface area contributed by atoms with Crippen molar-refractivity contribution in [3.8, 4) is 5.75 Å². The first-order valence-corrected chi connectivity index (χ1v) is 6.44. The minimum Gasteiger partial charge on any atom is -0.508 e. The highest BCUT2D eigenvalue weighted by atomic mass is 35.5. The molecule has 2 rings (SSSR count). The molecule has 0 saturated heterocycles. The van der Waals surface area contributed by atoms with Crippen molar-refractivity contribution >= 4 is 23.5 Å². The molecule has 4 N–H and O–H groups in total. The van der Waals surface area contributed by atoms with Gasteiger partial charge >= 0.3 is 11.9 Å². The second-order valence-corrected chi connectivity index (χ2v) is 4.50. The molecule has 118 valence electrons. The van der Waals surface area contributed by atoms with Crippen molar-refractivity contribution in [2.24, 2.45) is 0 Å². The number of aliphatic carboxylic acids is 2. The van der Waals surface area contributed by atoms with Crippen LogP contribution in [-0.4, -0.2) is 27.3 Å². The lowest BCUT2D eigenvalue weighted by Gasteiger charge is -2.06. The molecular formula is C14H14ClNO6. The Kier molecular flexibility index (Phi) is 6.94. The third-order valence-corrected chi connectivity index (χ3v) is 2.65. The smallest absolute Gasteiger partial charge is 0.414 e. The van der Waals surface area contributed by atoms with Crippen LogP contribution in [0.25, 0.3) is 0 Å². The Morgan fingerprint density at radius 3 is 2.36 bits per heavy atom. The number of nitrogens with one attached hydrogen (secondary N) is 1. The standard InChI is InChI=1S/C12H12ClNO2.C2H2O4/c13-10-3-4-12(15)9(6-10)7-14-8-11-2-1-5-16-11;3-1(4)2(5)6/h1-6,14-15H,7-8H2;(H,3,4)(H,5,6). The molecule has 1 heterocycles. The summed E-state index contributed by atoms with van der Waals surface area (Å²) in [7, 11) is 0. The summed E-state index contributed by atoms with van der Waals surface area (Å²) in [4.78, 5) is 18.2. The molecular weight excluding hydrogens is 314 g/mol. The van der Waals surface area contributed by atoms with Gasteiger partial charge in [-0.1, -0.05) is 11.6 Å². The third kappa shape index (κ3) is 6.29. The van der Waals surface area contributed by atoms with Crippen LogP contribution in [0.1, 0.15) is 11.3 Å². The van der Waals surface area contributed by atoms with Crippen LogP contribution in [0.15, 0.2) is 41.0 Å². The minimum absolute atomic E-state index is 0.247. The van der Waals surface area contributed by atoms with Gasteiger partial charge in [-0.3, -0.25) is 0 Å². The van der Waals surface area contributed by atoms with E-state index in [1.807, 2.05) is 12.1 Å². The maximum Gasteiger partial charge on any atom is 0.414 e. The molecule has 0 bridgehead atoms. The fraction of sp³-hybridized carbons (Fsp3) is 0.143. The summed E-state index contributed by atoms with van der Waals surface area (Å²) in [6.45, 7) is 1.17. The average Bonchev–Trinajstić information content (AvgIpc) is 2.96. The van der Waals surface area contributed by atoms with Gasteiger partial charge in [0.05, 0.1) is 12.8 Å². The van der Waals surface area contributed by atoms with E-state index in [9.17, 15) is 5.11 Å². The first-order valence-electron chi connectivity index (χ1n) is 6.07. The predicted octanol–water partition coefficient (Wildman–Crippen LogP) is 2.08. The Morgan fingerprint density at radius 2 is 1.82 bits per heavy atom. The van der Waals surface area contributed by atoms with E-state index in [1.54, 1.807) is 24.5 Å². The molecule has 1 aromatic carbocycles. The second-order valence-electron chi connectivity index (χ2n) is 4.07. The van der Waals surface area contributed by atoms with Gasteiger partial charge in [0.25, 0.3) is 0 Å². The Labute approximate surface area is 130 Å². The highest BCUT2D eigenvalue weighted by Crippen LogP contribution is 2.21. The second kappa shape index (κ2) is 8.71. The molecule has 8 heteroatoms. The topological polar surface area (TPSA) is 120 Å². The molecule has 0 aliphatic carbocycles. The predicted molar refractivity (Wildman–Crippen MR) is 77.6 cm³/mol. The van der Waals surface area contributed by atoms with E-state index in [0.717, 1.165) is 11.3 Å². The Bertz CT molecular complexity index is 614. The third-order valence-electron chi connectivity index (χ3n) is 2.42. The molecule has 2 aromatic rings. The summed E-state index contributed by atoms with van der Waals surface area (Å²) in [5.41, 5.74) is 0.777. The number of carboxylic acids is 2. The number of hydrogen-bond acceptors (Lipinski definition) is 5. The monoisotopic (exact) mass is 327 g/mol. The van der Waals surface area contributed by atoms with Gasteiger partial charge in [0.1, 0.15) is 11.5 Å². The zero-order valence-corrected chi connectivity index (χ0v) is 12.1. The van der Waals surface area contributed by atoms with Crippen LogP contribution in [-0.2, 0) is 22.7 Å². The van der Waals surface area contributed by atoms with Crippen LogP contribution >= 0.6 is 11.6 Å². The zero-order valence-electron chi connectivity index (χ0n) is 11.3. The lowest BCUT2D eigenvalue weighted by atomic mass is 10.2. The van der Waals surface area contributed by atoms with Gasteiger partial charge in [0.2, 0.25) is 0 Å². The van der Waals surface area contributed by atoms with E-state index < -0.39 is 11.9 Å². The van der Waals surface area contributed by atoms with Crippen LogP contribution in [0.3, 0.4) is 0 Å². The summed E-state index contributed by atoms with van der Waals surface area (Å²) in [5, 5.41) is 28.1. The molecule has 0 fully saturated rings. The van der Waals surface area contributed by atoms with Gasteiger partial charge in [0, 0.05) is 17.1 Å². The molecule has 0 unspecified atom stereocenters. The van der Waals surface area contributed by atoms with Crippen molar-refractivity contribution in [1.82, 2.24) is 5.32 Å². The normalized spacial score (nSPS) is 9.68. The molecule has 7 nitrogen and oxygen atoms in total. The minimum atomic E-state index is -1.82. The maximum atomic E-state index is 9.57. The van der Waals surface area contributed by atoms with Crippen molar-refractivity contribution < 1.29 is 29.3 Å². The fourth-order valence-corrected chi connectivity index (χ4v) is 1.62. The lowest BCUT2D eigenvalue weighted by Crippen LogP contribution is -2.12. The number of phenolic OH excluding ortho intramolecular Hbond substituents is 1. The Hall–Kier alpha value is -2.51. The van der Waals surface area contributed by atoms with Gasteiger partial charge < -0.3 is 25.1 Å². The number of carboxylic acid groups (broad SMARTS) is 2. The van der Waals surface area contributed by atoms with E-state index in [2.05, 4.69) is 5.32 Å². The van der Waals surface area contributed by atoms with Crippen LogP contribution in [0, 0.1) is 0 Å². The van der Waals surface area contributed by atoms with E-state index in [1.165, 1.54) is 0 Å². The number of furan rings is 1. The van der Waals surface area contributed by atoms with Crippen molar-refractivity contribution in [2.75, 3.05) is 0 Å². The molecule has 0 saturated carbocycles. The lowest BCUT2D eigenvalue weighted by molar-refractivity contribution is -0.159. The molecule has 22 heavy (non-hydrogen) atoms. The van der Waals surface area contributed by atoms with E-state index in [-0.39, 0.29) is 5.75 Å². The number of halogens is 1. The fourth-order valence-electron chi connectivity index (χ4n) is 1.43. The van der Waals surface area contributed by atoms with Crippen LogP contribution in [0.2, 0.25) is 5.02 Å². The summed E-state index contributed by atoms with van der Waals surface area (Å²) >= 11 is 5.84. The molecule has 0 aliphatic rings. The van der Waals surface area contributed by atoms with Crippen molar-refractivity contribution in [1.29, 1.82) is 0 Å². The largest absolute Gasteiger partial charge is 0.508 e. The maximum absolute atomic E-state index is 9.57. The van der Waals surface area contributed by atoms with Crippen molar-refractivity contribution in [2.45, 2.75) is 13.1 Å². The first kappa shape index (κ1) is 17.5. The van der Waals surface area contributed by atoms with E-state index in [4.69, 9.17) is 35.8 Å². The van der Waals surface area contributed by atoms with Crippen LogP contribution < -0.4 is 5.32 Å². The average molecular weight is 328 g/mol. The molecule has 0 atom stereocenters. The number of aromatic hydroxyl groups is 1. The van der Waals surface area contributed by atoms with Crippen molar-refractivity contribution in [3.63, 3.8) is 0 Å². The first-order chi connectivity index (χ1) is 10.4. The van der Waals surface area contributed by atoms with E-state index >= 15 is 0 Å². The summed E-state index contributed by atoms with van der Waals surface area (Å²) in [6, 6.07) is 8.73. The van der Waals surface area contributed by atoms with Gasteiger partial charge in [0.15, 0.2) is 0 Å². The molecule has 0 amide bonds. The molecule has 0 aliphatic heterocycles. The van der Waals surface area contributed by atoms with Gasteiger partial charge in [-0.2, -0.15) is 0 Å². The van der Waals surface area contributed by atoms with Gasteiger partial charge in [-0.25, -0.2) is 9.59 Å². The number of hydrogen-bond donors (Lipinski definition) is 4. The van der Waals surface area contributed by atoms with Crippen molar-refractivity contribution in [3.05, 3.63) is 52.9 Å². The highest BCUT2D eigenvalue weighted by molar-refractivity contribution is 6.30. The molecule has 0 spiro atoms. The van der Waals surface area contributed by atoms with Gasteiger partial charge in [-0.05, 0) is 30.3 Å².